The van der Waals surface area contributed by atoms with Gasteiger partial charge in [0.15, 0.2) is 0 Å². The minimum Gasteiger partial charge on any atom is -0.487 e. The number of aryl methyl sites for hydroxylation is 2. The van der Waals surface area contributed by atoms with E-state index in [9.17, 15) is 23.1 Å². The molecule has 3 aliphatic rings. The minimum atomic E-state index is -4.27. The number of anilines is 1. The van der Waals surface area contributed by atoms with Crippen molar-refractivity contribution in [1.82, 2.24) is 10.0 Å². The van der Waals surface area contributed by atoms with Gasteiger partial charge in [-0.2, -0.15) is 0 Å². The first-order valence-corrected chi connectivity index (χ1v) is 23.4. The van der Waals surface area contributed by atoms with Gasteiger partial charge in [-0.15, -0.1) is 0 Å². The Hall–Kier alpha value is -6.92. The summed E-state index contributed by atoms with van der Waals surface area (Å²) in [5.74, 6) is -0.708. The lowest BCUT2D eigenvalue weighted by atomic mass is 9.94. The number of sulfonamides is 1. The van der Waals surface area contributed by atoms with Crippen molar-refractivity contribution in [3.63, 3.8) is 0 Å². The Balaban J connectivity index is 1.01. The number of alkyl carbamates (subject to hydrolysis) is 1. The lowest BCUT2D eigenvalue weighted by molar-refractivity contribution is -0.139. The van der Waals surface area contributed by atoms with Crippen LogP contribution in [-0.4, -0.2) is 49.8 Å². The van der Waals surface area contributed by atoms with Gasteiger partial charge in [0, 0.05) is 30.0 Å². The van der Waals surface area contributed by atoms with E-state index in [-0.39, 0.29) is 29.8 Å². The maximum absolute atomic E-state index is 14.8. The largest absolute Gasteiger partial charge is 0.487 e. The van der Waals surface area contributed by atoms with Crippen LogP contribution in [0.4, 0.5) is 10.5 Å². The Morgan fingerprint density at radius 3 is 1.98 bits per heavy atom. The van der Waals surface area contributed by atoms with E-state index < -0.39 is 39.8 Å². The number of hydrogen-bond donors (Lipinski definition) is 4. The summed E-state index contributed by atoms with van der Waals surface area (Å²) in [6, 6.07) is 37.3. The molecular weight excluding hydrogens is 837 g/mol. The van der Waals surface area contributed by atoms with Crippen molar-refractivity contribution >= 4 is 33.7 Å². The van der Waals surface area contributed by atoms with Crippen LogP contribution < -0.4 is 20.1 Å². The Kier molecular flexibility index (Phi) is 11.5. The number of fused-ring (bicyclic) bond motifs is 6. The molecule has 0 bridgehead atoms. The number of carbonyl (C=O) groups excluding carboxylic acids is 1. The van der Waals surface area contributed by atoms with E-state index in [4.69, 9.17) is 14.5 Å². The van der Waals surface area contributed by atoms with Crippen LogP contribution in [0.25, 0.3) is 11.1 Å². The Morgan fingerprint density at radius 1 is 0.785 bits per heavy atom. The molecule has 12 heteroatoms. The van der Waals surface area contributed by atoms with Crippen molar-refractivity contribution in [2.45, 2.75) is 88.8 Å². The lowest BCUT2D eigenvalue weighted by Crippen LogP contribution is -2.43. The Morgan fingerprint density at radius 2 is 1.37 bits per heavy atom. The fourth-order valence-electron chi connectivity index (χ4n) is 9.80. The van der Waals surface area contributed by atoms with Crippen LogP contribution in [0.5, 0.6) is 5.75 Å². The number of nitrogens with zero attached hydrogens (tertiary/aromatic N) is 1. The number of benzene rings is 6. The second-order valence-electron chi connectivity index (χ2n) is 17.8. The van der Waals surface area contributed by atoms with Crippen LogP contribution in [0, 0.1) is 20.8 Å². The number of carboxylic acid groups (broad SMARTS) is 1. The number of rotatable bonds is 10. The molecule has 2 aliphatic carbocycles. The molecular formula is C53H52N4O7S. The molecule has 6 aromatic rings. The van der Waals surface area contributed by atoms with Crippen molar-refractivity contribution in [3.8, 4) is 16.9 Å². The third kappa shape index (κ3) is 8.58. The molecule has 1 amide bonds. The average Bonchev–Trinajstić information content (AvgIpc) is 3.74. The van der Waals surface area contributed by atoms with Crippen molar-refractivity contribution in [3.05, 3.63) is 183 Å². The Labute approximate surface area is 380 Å². The number of amides is 1. The smallest absolute Gasteiger partial charge is 0.407 e. The van der Waals surface area contributed by atoms with Gasteiger partial charge in [0.05, 0.1) is 4.90 Å². The molecule has 11 nitrogen and oxygen atoms in total. The van der Waals surface area contributed by atoms with E-state index >= 15 is 0 Å². The molecule has 1 atom stereocenters. The molecule has 6 aromatic carbocycles. The molecule has 9 rings (SSSR count). The maximum Gasteiger partial charge on any atom is 0.407 e. The summed E-state index contributed by atoms with van der Waals surface area (Å²) in [5, 5.41) is 16.1. The first-order chi connectivity index (χ1) is 31.2. The fraction of sp³-hybridized carbons (Fsp3) is 0.264. The van der Waals surface area contributed by atoms with Gasteiger partial charge >= 0.3 is 12.1 Å². The summed E-state index contributed by atoms with van der Waals surface area (Å²) in [7, 11) is -4.27. The van der Waals surface area contributed by atoms with Crippen LogP contribution in [-0.2, 0) is 45.2 Å². The summed E-state index contributed by atoms with van der Waals surface area (Å²) >= 11 is 0. The molecule has 0 unspecified atom stereocenters. The van der Waals surface area contributed by atoms with Crippen molar-refractivity contribution in [2.75, 3.05) is 11.9 Å². The van der Waals surface area contributed by atoms with Gasteiger partial charge < -0.3 is 25.2 Å². The van der Waals surface area contributed by atoms with Crippen LogP contribution in [0.3, 0.4) is 0 Å². The summed E-state index contributed by atoms with van der Waals surface area (Å²) in [6.07, 6.45) is 1.24. The third-order valence-electron chi connectivity index (χ3n) is 13.0. The lowest BCUT2D eigenvalue weighted by Gasteiger charge is -2.22. The van der Waals surface area contributed by atoms with E-state index in [2.05, 4.69) is 27.5 Å². The second kappa shape index (κ2) is 17.2. The van der Waals surface area contributed by atoms with E-state index in [1.807, 2.05) is 113 Å². The molecule has 65 heavy (non-hydrogen) atoms. The van der Waals surface area contributed by atoms with E-state index in [1.165, 1.54) is 0 Å². The zero-order valence-corrected chi connectivity index (χ0v) is 37.9. The third-order valence-corrected chi connectivity index (χ3v) is 14.6. The van der Waals surface area contributed by atoms with Gasteiger partial charge in [-0.25, -0.2) is 27.7 Å². The van der Waals surface area contributed by atoms with Crippen LogP contribution in [0.2, 0.25) is 0 Å². The number of carbonyl (C=O) groups is 2. The predicted octanol–water partition coefficient (Wildman–Crippen LogP) is 9.49. The number of aliphatic carboxylic acids is 1. The van der Waals surface area contributed by atoms with Gasteiger partial charge in [-0.1, -0.05) is 109 Å². The molecule has 0 aromatic heterocycles. The zero-order chi connectivity index (χ0) is 45.6. The highest BCUT2D eigenvalue weighted by atomic mass is 32.2. The van der Waals surface area contributed by atoms with Gasteiger partial charge in [0.2, 0.25) is 5.96 Å². The highest BCUT2D eigenvalue weighted by Crippen LogP contribution is 2.46. The molecule has 0 saturated carbocycles. The number of nitrogens with one attached hydrogen (secondary N) is 3. The quantitative estimate of drug-likeness (QED) is 0.0784. The highest BCUT2D eigenvalue weighted by molar-refractivity contribution is 7.90. The van der Waals surface area contributed by atoms with Gasteiger partial charge in [0.25, 0.3) is 10.0 Å². The number of ether oxygens (including phenoxy) is 2. The van der Waals surface area contributed by atoms with Gasteiger partial charge in [-0.3, -0.25) is 0 Å². The zero-order valence-electron chi connectivity index (χ0n) is 37.1. The number of carboxylic acids is 1. The predicted molar refractivity (Wildman–Crippen MR) is 252 cm³/mol. The molecule has 0 radical (unpaired) electrons. The number of aliphatic imine (C=N–C) groups is 1. The summed E-state index contributed by atoms with van der Waals surface area (Å²) < 4.78 is 44.6. The molecule has 4 N–H and O–H groups in total. The van der Waals surface area contributed by atoms with Crippen molar-refractivity contribution < 1.29 is 32.6 Å². The molecule has 0 saturated heterocycles. The first-order valence-electron chi connectivity index (χ1n) is 22.0. The van der Waals surface area contributed by atoms with E-state index in [0.29, 0.717) is 28.8 Å². The van der Waals surface area contributed by atoms with Crippen LogP contribution in [0.1, 0.15) is 87.0 Å². The molecule has 332 valence electrons. The SMILES string of the molecule is Cc1c(C)c(S(=O)(=O)N/C(=N\C2c3ccccc3CCc3ccccc32)Nc2cccc(C[C@H](NC(=O)OCC3c4ccccc4-c4ccccc43)C(=O)O)c2)c(C)c2c1OC(C)(C)C2. The summed E-state index contributed by atoms with van der Waals surface area (Å²) in [6.45, 7) is 9.54. The summed E-state index contributed by atoms with van der Waals surface area (Å²) in [5.41, 5.74) is 11.8. The van der Waals surface area contributed by atoms with Crippen molar-refractivity contribution in [1.29, 1.82) is 0 Å². The van der Waals surface area contributed by atoms with Gasteiger partial charge in [-0.05, 0) is 126 Å². The van der Waals surface area contributed by atoms with E-state index in [1.54, 1.807) is 31.2 Å². The van der Waals surface area contributed by atoms with Crippen LogP contribution >= 0.6 is 0 Å². The monoisotopic (exact) mass is 888 g/mol. The maximum atomic E-state index is 14.8. The van der Waals surface area contributed by atoms with E-state index in [0.717, 1.165) is 74.2 Å². The highest BCUT2D eigenvalue weighted by Gasteiger charge is 2.37. The van der Waals surface area contributed by atoms with Gasteiger partial charge in [0.1, 0.15) is 30.0 Å². The number of guanidine groups is 1. The summed E-state index contributed by atoms with van der Waals surface area (Å²) in [4.78, 5) is 31.3. The minimum absolute atomic E-state index is 0.0151. The second-order valence-corrected chi connectivity index (χ2v) is 19.4. The normalized spacial score (nSPS) is 15.6. The molecule has 0 fully saturated rings. The number of hydrogen-bond acceptors (Lipinski definition) is 7. The molecule has 1 aliphatic heterocycles. The fourth-order valence-corrected chi connectivity index (χ4v) is 11.3. The first kappa shape index (κ1) is 43.3. The average molecular weight is 889 g/mol. The Bertz CT molecular complexity index is 2920. The molecule has 1 heterocycles. The topological polar surface area (TPSA) is 155 Å². The standard InChI is InChI=1S/C53H52N4O7S/c1-31-32(2)49(33(3)44-29-53(4,5)64-48(31)44)65(61,62)57-51(56-47-38-19-8-6-16-35(38)25-26-36-17-7-9-20-39(36)47)54-37-18-14-15-34(27-37)28-46(50(58)59)55-52(60)63-30-45-42-23-12-10-21-40(42)41-22-11-13-24-43(41)45/h6-24,27,45-47H,25-26,28-30H2,1-5H3,(H,55,60)(H,58,59)(H2,54,56,57)/t46-/m0/s1. The molecule has 0 spiro atoms. The van der Waals surface area contributed by atoms with Crippen molar-refractivity contribution in [2.24, 2.45) is 4.99 Å². The van der Waals surface area contributed by atoms with Crippen LogP contribution in [0.15, 0.2) is 131 Å².